The summed E-state index contributed by atoms with van der Waals surface area (Å²) in [5.74, 6) is 0. The van der Waals surface area contributed by atoms with Gasteiger partial charge in [0.1, 0.15) is 0 Å². The van der Waals surface area contributed by atoms with Gasteiger partial charge in [-0.15, -0.1) is 11.3 Å². The number of aromatic nitrogens is 2. The molecule has 2 aromatic heterocycles. The summed E-state index contributed by atoms with van der Waals surface area (Å²) in [7, 11) is 0. The van der Waals surface area contributed by atoms with E-state index in [1.54, 1.807) is 11.3 Å². The predicted molar refractivity (Wildman–Crippen MR) is 73.7 cm³/mol. The molecule has 4 heteroatoms. The minimum absolute atomic E-state index is 0.448. The predicted octanol–water partition coefficient (Wildman–Crippen LogP) is 3.08. The van der Waals surface area contributed by atoms with Crippen LogP contribution in [0.4, 0.5) is 0 Å². The van der Waals surface area contributed by atoms with Gasteiger partial charge in [-0.2, -0.15) is 10.2 Å². The van der Waals surface area contributed by atoms with Gasteiger partial charge in [0.25, 0.3) is 0 Å². The lowest BCUT2D eigenvalue weighted by molar-refractivity contribution is 0.166. The molecule has 2 heterocycles. The average Bonchev–Trinajstić information content (AvgIpc) is 2.89. The summed E-state index contributed by atoms with van der Waals surface area (Å²) in [6.45, 7) is 3.94. The van der Waals surface area contributed by atoms with Gasteiger partial charge in [0, 0.05) is 10.4 Å². The summed E-state index contributed by atoms with van der Waals surface area (Å²) in [4.78, 5) is 1.31. The molecule has 0 saturated carbocycles. The highest BCUT2D eigenvalue weighted by molar-refractivity contribution is 7.09. The maximum absolute atomic E-state index is 10.3. The van der Waals surface area contributed by atoms with Crippen molar-refractivity contribution in [3.05, 3.63) is 45.4 Å². The van der Waals surface area contributed by atoms with Crippen LogP contribution < -0.4 is 0 Å². The molecule has 96 valence electrons. The van der Waals surface area contributed by atoms with Crippen LogP contribution in [0, 0.1) is 6.92 Å². The van der Waals surface area contributed by atoms with E-state index in [0.29, 0.717) is 0 Å². The van der Waals surface area contributed by atoms with Crippen molar-refractivity contribution in [3.8, 4) is 0 Å². The van der Waals surface area contributed by atoms with Crippen LogP contribution in [0.2, 0.25) is 0 Å². The van der Waals surface area contributed by atoms with Gasteiger partial charge in [-0.3, -0.25) is 0 Å². The standard InChI is InChI=1S/C14H18N2OS/c1-3-13-12(9-10(2)15-16-13)14(17)7-6-11-5-4-8-18-11/h4-5,8-9,14,17H,3,6-7H2,1-2H3. The zero-order valence-electron chi connectivity index (χ0n) is 10.8. The normalized spacial score (nSPS) is 12.6. The zero-order valence-corrected chi connectivity index (χ0v) is 11.6. The van der Waals surface area contributed by atoms with Crippen molar-refractivity contribution in [2.45, 2.75) is 39.2 Å². The zero-order chi connectivity index (χ0) is 13.0. The summed E-state index contributed by atoms with van der Waals surface area (Å²) >= 11 is 1.73. The molecule has 0 bridgehead atoms. The largest absolute Gasteiger partial charge is 0.388 e. The Kier molecular flexibility index (Phi) is 4.44. The van der Waals surface area contributed by atoms with E-state index in [1.165, 1.54) is 4.88 Å². The molecule has 0 radical (unpaired) electrons. The number of hydrogen-bond acceptors (Lipinski definition) is 4. The molecular weight excluding hydrogens is 244 g/mol. The van der Waals surface area contributed by atoms with Crippen molar-refractivity contribution >= 4 is 11.3 Å². The van der Waals surface area contributed by atoms with Gasteiger partial charge in [0.2, 0.25) is 0 Å². The van der Waals surface area contributed by atoms with Crippen LogP contribution in [0.15, 0.2) is 23.6 Å². The molecule has 0 saturated heterocycles. The van der Waals surface area contributed by atoms with E-state index < -0.39 is 6.10 Å². The van der Waals surface area contributed by atoms with E-state index in [9.17, 15) is 5.11 Å². The molecule has 0 aliphatic heterocycles. The Hall–Kier alpha value is -1.26. The Morgan fingerprint density at radius 3 is 2.89 bits per heavy atom. The van der Waals surface area contributed by atoms with Gasteiger partial charge in [0.15, 0.2) is 0 Å². The number of nitrogens with zero attached hydrogens (tertiary/aromatic N) is 2. The third-order valence-corrected chi connectivity index (χ3v) is 3.90. The summed E-state index contributed by atoms with van der Waals surface area (Å²) in [6.07, 6.45) is 2.00. The third-order valence-electron chi connectivity index (χ3n) is 2.96. The second kappa shape index (κ2) is 6.07. The summed E-state index contributed by atoms with van der Waals surface area (Å²) < 4.78 is 0. The van der Waals surface area contributed by atoms with Crippen LogP contribution in [0.5, 0.6) is 0 Å². The fraction of sp³-hybridized carbons (Fsp3) is 0.429. The maximum Gasteiger partial charge on any atom is 0.0812 e. The third kappa shape index (κ3) is 3.15. The van der Waals surface area contributed by atoms with Crippen molar-refractivity contribution in [3.63, 3.8) is 0 Å². The Labute approximate surface area is 112 Å². The van der Waals surface area contributed by atoms with Gasteiger partial charge in [-0.05, 0) is 43.7 Å². The van der Waals surface area contributed by atoms with E-state index >= 15 is 0 Å². The number of aliphatic hydroxyl groups excluding tert-OH is 1. The van der Waals surface area contributed by atoms with Gasteiger partial charge in [0.05, 0.1) is 17.5 Å². The van der Waals surface area contributed by atoms with Crippen molar-refractivity contribution in [1.82, 2.24) is 10.2 Å². The first-order valence-electron chi connectivity index (χ1n) is 6.24. The summed E-state index contributed by atoms with van der Waals surface area (Å²) in [6, 6.07) is 6.10. The first-order valence-corrected chi connectivity index (χ1v) is 7.12. The molecular formula is C14H18N2OS. The van der Waals surface area contributed by atoms with Crippen molar-refractivity contribution in [1.29, 1.82) is 0 Å². The Balaban J connectivity index is 2.08. The van der Waals surface area contributed by atoms with Crippen LogP contribution in [-0.4, -0.2) is 15.3 Å². The average molecular weight is 262 g/mol. The van der Waals surface area contributed by atoms with E-state index in [2.05, 4.69) is 21.6 Å². The highest BCUT2D eigenvalue weighted by Crippen LogP contribution is 2.23. The molecule has 0 fully saturated rings. The van der Waals surface area contributed by atoms with Crippen LogP contribution in [0.25, 0.3) is 0 Å². The van der Waals surface area contributed by atoms with Gasteiger partial charge >= 0.3 is 0 Å². The quantitative estimate of drug-likeness (QED) is 0.900. The fourth-order valence-corrected chi connectivity index (χ4v) is 2.71. The first-order chi connectivity index (χ1) is 8.70. The first kappa shape index (κ1) is 13.2. The molecule has 0 aliphatic carbocycles. The topological polar surface area (TPSA) is 46.0 Å². The molecule has 1 N–H and O–H groups in total. The smallest absolute Gasteiger partial charge is 0.0812 e. The van der Waals surface area contributed by atoms with Crippen LogP contribution in [-0.2, 0) is 12.8 Å². The lowest BCUT2D eigenvalue weighted by atomic mass is 10.0. The van der Waals surface area contributed by atoms with E-state index in [4.69, 9.17) is 0 Å². The lowest BCUT2D eigenvalue weighted by Gasteiger charge is -2.13. The van der Waals surface area contributed by atoms with Gasteiger partial charge < -0.3 is 5.11 Å². The molecule has 0 spiro atoms. The second-order valence-electron chi connectivity index (χ2n) is 4.38. The number of thiophene rings is 1. The Bertz CT molecular complexity index is 497. The Morgan fingerprint density at radius 2 is 2.22 bits per heavy atom. The summed E-state index contributed by atoms with van der Waals surface area (Å²) in [5, 5.41) is 20.6. The van der Waals surface area contributed by atoms with Crippen molar-refractivity contribution in [2.24, 2.45) is 0 Å². The lowest BCUT2D eigenvalue weighted by Crippen LogP contribution is -2.07. The summed E-state index contributed by atoms with van der Waals surface area (Å²) in [5.41, 5.74) is 2.69. The fourth-order valence-electron chi connectivity index (χ4n) is 1.99. The highest BCUT2D eigenvalue weighted by Gasteiger charge is 2.14. The molecule has 1 unspecified atom stereocenters. The monoisotopic (exact) mass is 262 g/mol. The van der Waals surface area contributed by atoms with E-state index in [1.807, 2.05) is 26.0 Å². The molecule has 0 amide bonds. The van der Waals surface area contributed by atoms with Crippen LogP contribution in [0.3, 0.4) is 0 Å². The highest BCUT2D eigenvalue weighted by atomic mass is 32.1. The number of aryl methyl sites for hydroxylation is 3. The number of rotatable bonds is 5. The maximum atomic E-state index is 10.3. The second-order valence-corrected chi connectivity index (χ2v) is 5.41. The minimum atomic E-state index is -0.448. The van der Waals surface area contributed by atoms with Crippen LogP contribution in [0.1, 0.15) is 41.3 Å². The van der Waals surface area contributed by atoms with Crippen molar-refractivity contribution in [2.75, 3.05) is 0 Å². The number of hydrogen-bond donors (Lipinski definition) is 1. The number of aliphatic hydroxyl groups is 1. The van der Waals surface area contributed by atoms with Gasteiger partial charge in [-0.25, -0.2) is 0 Å². The molecule has 18 heavy (non-hydrogen) atoms. The molecule has 0 aliphatic rings. The Morgan fingerprint density at radius 1 is 1.39 bits per heavy atom. The minimum Gasteiger partial charge on any atom is -0.388 e. The van der Waals surface area contributed by atoms with Crippen LogP contribution >= 0.6 is 11.3 Å². The molecule has 0 aromatic carbocycles. The SMILES string of the molecule is CCc1nnc(C)cc1C(O)CCc1cccs1. The molecule has 1 atom stereocenters. The molecule has 3 nitrogen and oxygen atoms in total. The van der Waals surface area contributed by atoms with Gasteiger partial charge in [-0.1, -0.05) is 13.0 Å². The van der Waals surface area contributed by atoms with Crippen molar-refractivity contribution < 1.29 is 5.11 Å². The van der Waals surface area contributed by atoms with E-state index in [-0.39, 0.29) is 0 Å². The molecule has 2 aromatic rings. The van der Waals surface area contributed by atoms with E-state index in [0.717, 1.165) is 36.2 Å². The molecule has 2 rings (SSSR count).